The van der Waals surface area contributed by atoms with Crippen molar-refractivity contribution in [2.75, 3.05) is 27.4 Å². The average molecular weight is 284 g/mol. The number of benzene rings is 2. The minimum Gasteiger partial charge on any atom is -0.384 e. The van der Waals surface area contributed by atoms with Crippen LogP contribution in [0.2, 0.25) is 0 Å². The topological polar surface area (TPSA) is 18.5 Å². The molecule has 0 aliphatic heterocycles. The largest absolute Gasteiger partial charge is 0.384 e. The summed E-state index contributed by atoms with van der Waals surface area (Å²) < 4.78 is 10.7. The van der Waals surface area contributed by atoms with Crippen molar-refractivity contribution in [3.8, 4) is 0 Å². The Morgan fingerprint density at radius 3 is 1.52 bits per heavy atom. The smallest absolute Gasteiger partial charge is 0.0512 e. The molecule has 2 rings (SSSR count). The van der Waals surface area contributed by atoms with Crippen molar-refractivity contribution in [1.82, 2.24) is 0 Å². The predicted octanol–water partition coefficient (Wildman–Crippen LogP) is 4.12. The van der Waals surface area contributed by atoms with Gasteiger partial charge in [0.05, 0.1) is 13.2 Å². The lowest BCUT2D eigenvalue weighted by Gasteiger charge is -2.23. The fraction of sp³-hybridized carbons (Fsp3) is 0.368. The molecular weight excluding hydrogens is 260 g/mol. The van der Waals surface area contributed by atoms with Crippen molar-refractivity contribution in [2.45, 2.75) is 12.3 Å². The van der Waals surface area contributed by atoms with Crippen LogP contribution in [0.15, 0.2) is 60.7 Å². The fourth-order valence-corrected chi connectivity index (χ4v) is 2.82. The van der Waals surface area contributed by atoms with Gasteiger partial charge in [-0.2, -0.15) is 0 Å². The SMILES string of the molecule is COCC(COC)CC(c1ccccc1)c1ccccc1. The maximum atomic E-state index is 5.35. The summed E-state index contributed by atoms with van der Waals surface area (Å²) in [6.45, 7) is 1.45. The summed E-state index contributed by atoms with van der Waals surface area (Å²) in [5.41, 5.74) is 2.70. The van der Waals surface area contributed by atoms with Gasteiger partial charge in [0.2, 0.25) is 0 Å². The average Bonchev–Trinajstić information content (AvgIpc) is 2.54. The number of ether oxygens (including phenoxy) is 2. The second kappa shape index (κ2) is 8.60. The van der Waals surface area contributed by atoms with Gasteiger partial charge in [-0.25, -0.2) is 0 Å². The molecule has 0 atom stereocenters. The maximum Gasteiger partial charge on any atom is 0.0512 e. The van der Waals surface area contributed by atoms with Crippen LogP contribution in [0.4, 0.5) is 0 Å². The third-order valence-electron chi connectivity index (χ3n) is 3.78. The minimum absolute atomic E-state index is 0.377. The van der Waals surface area contributed by atoms with Gasteiger partial charge in [0.1, 0.15) is 0 Å². The molecule has 21 heavy (non-hydrogen) atoms. The molecule has 0 aliphatic carbocycles. The first-order valence-electron chi connectivity index (χ1n) is 7.43. The normalized spacial score (nSPS) is 11.2. The zero-order valence-electron chi connectivity index (χ0n) is 12.9. The van der Waals surface area contributed by atoms with Crippen LogP contribution in [0.1, 0.15) is 23.5 Å². The predicted molar refractivity (Wildman–Crippen MR) is 86.6 cm³/mol. The molecule has 0 spiro atoms. The van der Waals surface area contributed by atoms with Crippen molar-refractivity contribution in [3.63, 3.8) is 0 Å². The van der Waals surface area contributed by atoms with E-state index in [2.05, 4.69) is 60.7 Å². The van der Waals surface area contributed by atoms with Crippen molar-refractivity contribution in [1.29, 1.82) is 0 Å². The molecule has 0 heterocycles. The minimum atomic E-state index is 0.377. The van der Waals surface area contributed by atoms with Gasteiger partial charge in [0, 0.05) is 26.1 Å². The van der Waals surface area contributed by atoms with Crippen molar-refractivity contribution >= 4 is 0 Å². The summed E-state index contributed by atoms with van der Waals surface area (Å²) in [5, 5.41) is 0. The van der Waals surface area contributed by atoms with Crippen LogP contribution in [-0.4, -0.2) is 27.4 Å². The molecule has 112 valence electrons. The highest BCUT2D eigenvalue weighted by Gasteiger charge is 2.19. The Kier molecular flexibility index (Phi) is 6.45. The Labute approximate surface area is 127 Å². The molecule has 2 aromatic rings. The van der Waals surface area contributed by atoms with Crippen LogP contribution in [0.25, 0.3) is 0 Å². The van der Waals surface area contributed by atoms with E-state index in [0.717, 1.165) is 19.6 Å². The highest BCUT2D eigenvalue weighted by Crippen LogP contribution is 2.31. The Morgan fingerprint density at radius 2 is 1.14 bits per heavy atom. The zero-order chi connectivity index (χ0) is 14.9. The highest BCUT2D eigenvalue weighted by molar-refractivity contribution is 5.32. The van der Waals surface area contributed by atoms with Crippen molar-refractivity contribution in [3.05, 3.63) is 71.8 Å². The summed E-state index contributed by atoms with van der Waals surface area (Å²) in [7, 11) is 3.51. The summed E-state index contributed by atoms with van der Waals surface area (Å²) >= 11 is 0. The van der Waals surface area contributed by atoms with E-state index in [9.17, 15) is 0 Å². The molecule has 0 fully saturated rings. The number of rotatable bonds is 8. The molecule has 0 aliphatic rings. The summed E-state index contributed by atoms with van der Waals surface area (Å²) in [6.07, 6.45) is 1.02. The van der Waals surface area contributed by atoms with Crippen LogP contribution in [0.3, 0.4) is 0 Å². The quantitative estimate of drug-likeness (QED) is 0.726. The number of hydrogen-bond donors (Lipinski definition) is 0. The Hall–Kier alpha value is -1.64. The standard InChI is InChI=1S/C19H24O2/c1-20-14-16(15-21-2)13-19(17-9-5-3-6-10-17)18-11-7-4-8-12-18/h3-12,16,19H,13-15H2,1-2H3. The van der Waals surface area contributed by atoms with Gasteiger partial charge in [0.15, 0.2) is 0 Å². The lowest BCUT2D eigenvalue weighted by molar-refractivity contribution is 0.0785. The Bertz CT molecular complexity index is 450. The monoisotopic (exact) mass is 284 g/mol. The summed E-state index contributed by atoms with van der Waals surface area (Å²) in [5.74, 6) is 0.771. The van der Waals surface area contributed by atoms with Gasteiger partial charge >= 0.3 is 0 Å². The Morgan fingerprint density at radius 1 is 0.714 bits per heavy atom. The second-order valence-corrected chi connectivity index (χ2v) is 5.39. The van der Waals surface area contributed by atoms with Gasteiger partial charge in [-0.05, 0) is 17.5 Å². The highest BCUT2D eigenvalue weighted by atomic mass is 16.5. The first-order chi connectivity index (χ1) is 10.3. The molecule has 0 N–H and O–H groups in total. The van der Waals surface area contributed by atoms with E-state index in [1.165, 1.54) is 11.1 Å². The van der Waals surface area contributed by atoms with Crippen LogP contribution in [-0.2, 0) is 9.47 Å². The molecule has 0 saturated carbocycles. The fourth-order valence-electron chi connectivity index (χ4n) is 2.82. The van der Waals surface area contributed by atoms with E-state index >= 15 is 0 Å². The molecule has 0 unspecified atom stereocenters. The summed E-state index contributed by atoms with van der Waals surface area (Å²) in [6, 6.07) is 21.4. The first-order valence-corrected chi connectivity index (χ1v) is 7.43. The number of hydrogen-bond acceptors (Lipinski definition) is 2. The molecule has 0 saturated heterocycles. The van der Waals surface area contributed by atoms with Gasteiger partial charge in [-0.1, -0.05) is 60.7 Å². The molecule has 0 aromatic heterocycles. The van der Waals surface area contributed by atoms with Crippen LogP contribution < -0.4 is 0 Å². The first kappa shape index (κ1) is 15.7. The molecule has 0 bridgehead atoms. The van der Waals surface area contributed by atoms with E-state index in [-0.39, 0.29) is 0 Å². The van der Waals surface area contributed by atoms with Crippen LogP contribution >= 0.6 is 0 Å². The molecular formula is C19H24O2. The number of methoxy groups -OCH3 is 2. The molecule has 2 heteroatoms. The molecule has 0 radical (unpaired) electrons. The third kappa shape index (κ3) is 4.69. The zero-order valence-corrected chi connectivity index (χ0v) is 12.9. The van der Waals surface area contributed by atoms with Gasteiger partial charge in [0.25, 0.3) is 0 Å². The van der Waals surface area contributed by atoms with Gasteiger partial charge in [-0.15, -0.1) is 0 Å². The van der Waals surface area contributed by atoms with Crippen LogP contribution in [0, 0.1) is 5.92 Å². The van der Waals surface area contributed by atoms with E-state index in [1.807, 2.05) is 0 Å². The van der Waals surface area contributed by atoms with E-state index in [1.54, 1.807) is 14.2 Å². The molecule has 0 amide bonds. The lowest BCUT2D eigenvalue weighted by atomic mass is 9.84. The lowest BCUT2D eigenvalue weighted by Crippen LogP contribution is -2.18. The van der Waals surface area contributed by atoms with E-state index in [0.29, 0.717) is 11.8 Å². The Balaban J connectivity index is 2.24. The molecule has 2 nitrogen and oxygen atoms in total. The third-order valence-corrected chi connectivity index (χ3v) is 3.78. The van der Waals surface area contributed by atoms with Crippen LogP contribution in [0.5, 0.6) is 0 Å². The maximum absolute atomic E-state index is 5.35. The van der Waals surface area contributed by atoms with Gasteiger partial charge in [-0.3, -0.25) is 0 Å². The van der Waals surface area contributed by atoms with Gasteiger partial charge < -0.3 is 9.47 Å². The molecule has 2 aromatic carbocycles. The van der Waals surface area contributed by atoms with Crippen molar-refractivity contribution in [2.24, 2.45) is 5.92 Å². The second-order valence-electron chi connectivity index (χ2n) is 5.39. The van der Waals surface area contributed by atoms with Crippen molar-refractivity contribution < 1.29 is 9.47 Å². The van der Waals surface area contributed by atoms with E-state index in [4.69, 9.17) is 9.47 Å². The van der Waals surface area contributed by atoms with E-state index < -0.39 is 0 Å². The summed E-state index contributed by atoms with van der Waals surface area (Å²) in [4.78, 5) is 0.